The number of benzene rings is 2. The molecule has 1 aromatic heterocycles. The molecule has 0 saturated heterocycles. The lowest BCUT2D eigenvalue weighted by atomic mass is 10.1. The number of pyridine rings is 1. The lowest BCUT2D eigenvalue weighted by molar-refractivity contribution is 0.412. The maximum Gasteiger partial charge on any atom is 0.128 e. The highest BCUT2D eigenvalue weighted by Gasteiger charge is 2.15. The molecule has 1 N–H and O–H groups in total. The van der Waals surface area contributed by atoms with Gasteiger partial charge in [-0.2, -0.15) is 0 Å². The molecule has 0 aliphatic rings. The van der Waals surface area contributed by atoms with Crippen LogP contribution in [0, 0.1) is 5.82 Å². The average Bonchev–Trinajstić information content (AvgIpc) is 2.57. The number of nitrogens with one attached hydrogen (secondary N) is 1. The van der Waals surface area contributed by atoms with E-state index >= 15 is 0 Å². The highest BCUT2D eigenvalue weighted by atomic mass is 35.5. The van der Waals surface area contributed by atoms with E-state index in [-0.39, 0.29) is 11.9 Å². The minimum absolute atomic E-state index is 0.284. The van der Waals surface area contributed by atoms with Crippen LogP contribution in [0.1, 0.15) is 18.5 Å². The number of hydrogen-bond acceptors (Lipinski definition) is 3. The summed E-state index contributed by atoms with van der Waals surface area (Å²) in [7, 11) is 1.56. The molecule has 0 amide bonds. The molecule has 0 fully saturated rings. The van der Waals surface area contributed by atoms with Gasteiger partial charge in [0.2, 0.25) is 0 Å². The van der Waals surface area contributed by atoms with E-state index < -0.39 is 0 Å². The molecule has 5 heteroatoms. The molecule has 3 nitrogen and oxygen atoms in total. The summed E-state index contributed by atoms with van der Waals surface area (Å²) in [5.41, 5.74) is 2.09. The Morgan fingerprint density at radius 3 is 2.78 bits per heavy atom. The van der Waals surface area contributed by atoms with Gasteiger partial charge in [-0.25, -0.2) is 4.39 Å². The fourth-order valence-electron chi connectivity index (χ4n) is 2.54. The Labute approximate surface area is 139 Å². The third kappa shape index (κ3) is 3.08. The molecule has 1 unspecified atom stereocenters. The Bertz CT molecular complexity index is 854. The standard InChI is InChI=1S/C18H16ClFN2O/c1-11(14-9-12(23-2)7-8-16(14)20)22-18-13-5-3-4-6-17(13)21-10-15(18)19/h3-11H,1-2H3,(H,21,22). The van der Waals surface area contributed by atoms with Gasteiger partial charge in [-0.1, -0.05) is 29.8 Å². The molecule has 3 rings (SSSR count). The van der Waals surface area contributed by atoms with E-state index in [2.05, 4.69) is 10.3 Å². The van der Waals surface area contributed by atoms with Crippen molar-refractivity contribution in [2.45, 2.75) is 13.0 Å². The van der Waals surface area contributed by atoms with Crippen LogP contribution in [-0.4, -0.2) is 12.1 Å². The second kappa shape index (κ2) is 6.42. The minimum Gasteiger partial charge on any atom is -0.497 e. The molecule has 0 bridgehead atoms. The number of para-hydroxylation sites is 1. The second-order valence-electron chi connectivity index (χ2n) is 5.25. The van der Waals surface area contributed by atoms with Crippen molar-refractivity contribution in [1.82, 2.24) is 4.98 Å². The zero-order chi connectivity index (χ0) is 16.4. The highest BCUT2D eigenvalue weighted by molar-refractivity contribution is 6.34. The van der Waals surface area contributed by atoms with Crippen LogP contribution in [0.2, 0.25) is 5.02 Å². The van der Waals surface area contributed by atoms with E-state index in [1.807, 2.05) is 31.2 Å². The van der Waals surface area contributed by atoms with E-state index in [1.54, 1.807) is 25.4 Å². The Kier molecular flexibility index (Phi) is 4.35. The summed E-state index contributed by atoms with van der Waals surface area (Å²) in [5.74, 6) is 0.320. The van der Waals surface area contributed by atoms with Gasteiger partial charge in [-0.3, -0.25) is 4.98 Å². The lowest BCUT2D eigenvalue weighted by Gasteiger charge is -2.19. The van der Waals surface area contributed by atoms with Crippen molar-refractivity contribution in [3.63, 3.8) is 0 Å². The zero-order valence-corrected chi connectivity index (χ0v) is 13.6. The first-order valence-corrected chi connectivity index (χ1v) is 7.61. The largest absolute Gasteiger partial charge is 0.497 e. The van der Waals surface area contributed by atoms with Crippen LogP contribution in [0.5, 0.6) is 5.75 Å². The van der Waals surface area contributed by atoms with Crippen molar-refractivity contribution in [3.8, 4) is 5.75 Å². The molecule has 23 heavy (non-hydrogen) atoms. The molecule has 0 spiro atoms. The maximum absolute atomic E-state index is 14.1. The molecule has 0 aliphatic heterocycles. The van der Waals surface area contributed by atoms with Crippen molar-refractivity contribution in [1.29, 1.82) is 0 Å². The summed E-state index contributed by atoms with van der Waals surface area (Å²) >= 11 is 6.29. The highest BCUT2D eigenvalue weighted by Crippen LogP contribution is 2.33. The summed E-state index contributed by atoms with van der Waals surface area (Å²) in [6.07, 6.45) is 1.60. The van der Waals surface area contributed by atoms with Crippen molar-refractivity contribution in [3.05, 3.63) is 65.1 Å². The molecule has 2 aromatic carbocycles. The molecule has 3 aromatic rings. The van der Waals surface area contributed by atoms with Gasteiger partial charge >= 0.3 is 0 Å². The number of anilines is 1. The average molecular weight is 331 g/mol. The molecule has 1 heterocycles. The predicted octanol–water partition coefficient (Wildman–Crippen LogP) is 5.21. The summed E-state index contributed by atoms with van der Waals surface area (Å²) in [6.45, 7) is 1.88. The summed E-state index contributed by atoms with van der Waals surface area (Å²) in [5, 5.41) is 4.69. The Morgan fingerprint density at radius 1 is 1.22 bits per heavy atom. The monoisotopic (exact) mass is 330 g/mol. The summed E-state index contributed by atoms with van der Waals surface area (Å²) in [4.78, 5) is 4.30. The number of methoxy groups -OCH3 is 1. The first-order valence-electron chi connectivity index (χ1n) is 7.23. The molecular weight excluding hydrogens is 315 g/mol. The summed E-state index contributed by atoms with van der Waals surface area (Å²) in [6, 6.07) is 12.1. The lowest BCUT2D eigenvalue weighted by Crippen LogP contribution is -2.10. The second-order valence-corrected chi connectivity index (χ2v) is 5.66. The van der Waals surface area contributed by atoms with Crippen molar-refractivity contribution >= 4 is 28.2 Å². The number of rotatable bonds is 4. The van der Waals surface area contributed by atoms with E-state index in [4.69, 9.17) is 16.3 Å². The third-order valence-corrected chi connectivity index (χ3v) is 4.05. The molecule has 0 radical (unpaired) electrons. The normalized spacial score (nSPS) is 12.2. The van der Waals surface area contributed by atoms with Crippen LogP contribution in [0.4, 0.5) is 10.1 Å². The SMILES string of the molecule is COc1ccc(F)c(C(C)Nc2c(Cl)cnc3ccccc23)c1. The number of ether oxygens (including phenoxy) is 1. The Morgan fingerprint density at radius 2 is 2.00 bits per heavy atom. The van der Waals surface area contributed by atoms with E-state index in [0.717, 1.165) is 16.6 Å². The van der Waals surface area contributed by atoms with E-state index in [1.165, 1.54) is 6.07 Å². The fourth-order valence-corrected chi connectivity index (χ4v) is 2.74. The molecular formula is C18H16ClFN2O. The number of aromatic nitrogens is 1. The first-order chi connectivity index (χ1) is 11.1. The van der Waals surface area contributed by atoms with Gasteiger partial charge in [0, 0.05) is 17.1 Å². The van der Waals surface area contributed by atoms with Gasteiger partial charge in [0.1, 0.15) is 11.6 Å². The molecule has 118 valence electrons. The predicted molar refractivity (Wildman–Crippen MR) is 91.7 cm³/mol. The van der Waals surface area contributed by atoms with Crippen LogP contribution in [-0.2, 0) is 0 Å². The van der Waals surface area contributed by atoms with Gasteiger partial charge in [0.05, 0.1) is 29.4 Å². The van der Waals surface area contributed by atoms with Crippen molar-refractivity contribution < 1.29 is 9.13 Å². The van der Waals surface area contributed by atoms with Crippen LogP contribution in [0.15, 0.2) is 48.7 Å². The van der Waals surface area contributed by atoms with Gasteiger partial charge < -0.3 is 10.1 Å². The summed E-state index contributed by atoms with van der Waals surface area (Å²) < 4.78 is 19.3. The molecule has 1 atom stereocenters. The van der Waals surface area contributed by atoms with Crippen molar-refractivity contribution in [2.75, 3.05) is 12.4 Å². The number of nitrogens with zero attached hydrogens (tertiary/aromatic N) is 1. The van der Waals surface area contributed by atoms with Gasteiger partial charge in [0.15, 0.2) is 0 Å². The van der Waals surface area contributed by atoms with E-state index in [0.29, 0.717) is 16.3 Å². The van der Waals surface area contributed by atoms with E-state index in [9.17, 15) is 4.39 Å². The number of halogens is 2. The quantitative estimate of drug-likeness (QED) is 0.713. The number of hydrogen-bond donors (Lipinski definition) is 1. The first kappa shape index (κ1) is 15.6. The van der Waals surface area contributed by atoms with Crippen molar-refractivity contribution in [2.24, 2.45) is 0 Å². The van der Waals surface area contributed by atoms with Crippen LogP contribution < -0.4 is 10.1 Å². The third-order valence-electron chi connectivity index (χ3n) is 3.76. The van der Waals surface area contributed by atoms with Crippen LogP contribution in [0.3, 0.4) is 0 Å². The topological polar surface area (TPSA) is 34.1 Å². The molecule has 0 aliphatic carbocycles. The Balaban J connectivity index is 2.00. The van der Waals surface area contributed by atoms with Gasteiger partial charge in [0.25, 0.3) is 0 Å². The zero-order valence-electron chi connectivity index (χ0n) is 12.8. The van der Waals surface area contributed by atoms with Gasteiger partial charge in [-0.05, 0) is 31.2 Å². The minimum atomic E-state index is -0.291. The van der Waals surface area contributed by atoms with Gasteiger partial charge in [-0.15, -0.1) is 0 Å². The van der Waals surface area contributed by atoms with Crippen LogP contribution >= 0.6 is 11.6 Å². The Hall–Kier alpha value is -2.33. The van der Waals surface area contributed by atoms with Crippen LogP contribution in [0.25, 0.3) is 10.9 Å². The smallest absolute Gasteiger partial charge is 0.128 e. The fraction of sp³-hybridized carbons (Fsp3) is 0.167. The maximum atomic E-state index is 14.1. The number of fused-ring (bicyclic) bond motifs is 1. The molecule has 0 saturated carbocycles.